The van der Waals surface area contributed by atoms with E-state index in [1.165, 1.54) is 0 Å². The van der Waals surface area contributed by atoms with E-state index in [4.69, 9.17) is 4.74 Å². The summed E-state index contributed by atoms with van der Waals surface area (Å²) >= 11 is 0. The monoisotopic (exact) mass is 184 g/mol. The summed E-state index contributed by atoms with van der Waals surface area (Å²) < 4.78 is 4.94. The normalized spacial score (nSPS) is 22.5. The predicted molar refractivity (Wildman–Crippen MR) is 49.7 cm³/mol. The minimum atomic E-state index is -0.208. The van der Waals surface area contributed by atoms with Crippen LogP contribution in [0, 0.1) is 0 Å². The molecular weight excluding hydrogens is 168 g/mol. The Hall–Kier alpha value is -1.03. The first-order chi connectivity index (χ1) is 6.15. The van der Waals surface area contributed by atoms with Crippen molar-refractivity contribution >= 4 is 5.97 Å². The van der Waals surface area contributed by atoms with Crippen molar-refractivity contribution in [3.8, 4) is 0 Å². The van der Waals surface area contributed by atoms with Gasteiger partial charge in [0, 0.05) is 11.7 Å². The molecule has 0 aromatic rings. The molecule has 2 N–H and O–H groups in total. The van der Waals surface area contributed by atoms with Crippen LogP contribution in [0.2, 0.25) is 0 Å². The predicted octanol–water partition coefficient (Wildman–Crippen LogP) is 0.710. The molecule has 4 heteroatoms. The van der Waals surface area contributed by atoms with Crippen LogP contribution in [0.15, 0.2) is 11.3 Å². The summed E-state index contributed by atoms with van der Waals surface area (Å²) in [5.41, 5.74) is 7.59. The number of ether oxygens (including phenoxy) is 1. The molecule has 1 aliphatic rings. The zero-order chi connectivity index (χ0) is 9.84. The number of hydrazine groups is 1. The molecule has 1 heterocycles. The van der Waals surface area contributed by atoms with E-state index in [9.17, 15) is 4.79 Å². The molecule has 0 bridgehead atoms. The van der Waals surface area contributed by atoms with E-state index in [0.29, 0.717) is 6.61 Å². The maximum absolute atomic E-state index is 11.4. The second-order valence-corrected chi connectivity index (χ2v) is 3.20. The smallest absolute Gasteiger partial charge is 0.335 e. The minimum absolute atomic E-state index is 0.208. The Labute approximate surface area is 78.3 Å². The van der Waals surface area contributed by atoms with E-state index < -0.39 is 0 Å². The van der Waals surface area contributed by atoms with Gasteiger partial charge in [-0.05, 0) is 27.2 Å². The molecule has 0 amide bonds. The zero-order valence-corrected chi connectivity index (χ0v) is 8.31. The van der Waals surface area contributed by atoms with Crippen molar-refractivity contribution in [2.75, 3.05) is 6.61 Å². The lowest BCUT2D eigenvalue weighted by atomic mass is 10.0. The average molecular weight is 184 g/mol. The van der Waals surface area contributed by atoms with Crippen LogP contribution in [0.25, 0.3) is 0 Å². The van der Waals surface area contributed by atoms with Crippen LogP contribution in [0.5, 0.6) is 0 Å². The first kappa shape index (κ1) is 10.1. The van der Waals surface area contributed by atoms with Crippen LogP contribution in [-0.4, -0.2) is 18.6 Å². The van der Waals surface area contributed by atoms with Crippen molar-refractivity contribution in [2.45, 2.75) is 33.2 Å². The Kier molecular flexibility index (Phi) is 3.31. The molecule has 0 aliphatic carbocycles. The van der Waals surface area contributed by atoms with Crippen molar-refractivity contribution in [1.82, 2.24) is 10.9 Å². The van der Waals surface area contributed by atoms with Crippen LogP contribution < -0.4 is 10.9 Å². The number of rotatable bonds is 2. The highest BCUT2D eigenvalue weighted by molar-refractivity contribution is 5.89. The fourth-order valence-electron chi connectivity index (χ4n) is 1.27. The van der Waals surface area contributed by atoms with Crippen molar-refractivity contribution in [2.24, 2.45) is 0 Å². The standard InChI is InChI=1S/C9H16N2O2/c1-4-13-9(12)8-5-6(2)10-11-7(8)3/h6,10-11H,4-5H2,1-3H3/t6-/m0/s1. The summed E-state index contributed by atoms with van der Waals surface area (Å²) in [6.07, 6.45) is 0.720. The molecule has 74 valence electrons. The Bertz CT molecular complexity index is 236. The molecule has 0 aromatic heterocycles. The third kappa shape index (κ3) is 2.45. The van der Waals surface area contributed by atoms with Crippen LogP contribution in [0.4, 0.5) is 0 Å². The third-order valence-electron chi connectivity index (χ3n) is 1.99. The summed E-state index contributed by atoms with van der Waals surface area (Å²) in [4.78, 5) is 11.4. The summed E-state index contributed by atoms with van der Waals surface area (Å²) in [7, 11) is 0. The van der Waals surface area contributed by atoms with Crippen LogP contribution in [0.1, 0.15) is 27.2 Å². The summed E-state index contributed by atoms with van der Waals surface area (Å²) in [6.45, 7) is 6.12. The second-order valence-electron chi connectivity index (χ2n) is 3.20. The van der Waals surface area contributed by atoms with Gasteiger partial charge in [0.15, 0.2) is 0 Å². The number of allylic oxidation sites excluding steroid dienone is 1. The SMILES string of the molecule is CCOC(=O)C1=C(C)NN[C@@H](C)C1. The molecule has 0 spiro atoms. The van der Waals surface area contributed by atoms with E-state index >= 15 is 0 Å². The van der Waals surface area contributed by atoms with E-state index in [1.54, 1.807) is 0 Å². The highest BCUT2D eigenvalue weighted by atomic mass is 16.5. The van der Waals surface area contributed by atoms with Gasteiger partial charge in [-0.25, -0.2) is 10.2 Å². The van der Waals surface area contributed by atoms with Gasteiger partial charge in [0.05, 0.1) is 12.2 Å². The van der Waals surface area contributed by atoms with Gasteiger partial charge in [-0.2, -0.15) is 0 Å². The second kappa shape index (κ2) is 4.28. The maximum atomic E-state index is 11.4. The Balaban J connectivity index is 2.70. The topological polar surface area (TPSA) is 50.4 Å². The van der Waals surface area contributed by atoms with E-state index in [1.807, 2.05) is 20.8 Å². The Morgan fingerprint density at radius 2 is 2.38 bits per heavy atom. The molecule has 0 saturated heterocycles. The first-order valence-electron chi connectivity index (χ1n) is 4.53. The highest BCUT2D eigenvalue weighted by Gasteiger charge is 2.20. The largest absolute Gasteiger partial charge is 0.463 e. The molecule has 0 unspecified atom stereocenters. The first-order valence-corrected chi connectivity index (χ1v) is 4.53. The molecule has 13 heavy (non-hydrogen) atoms. The average Bonchev–Trinajstić information content (AvgIpc) is 2.09. The van der Waals surface area contributed by atoms with E-state index in [2.05, 4.69) is 10.9 Å². The molecule has 4 nitrogen and oxygen atoms in total. The number of esters is 1. The summed E-state index contributed by atoms with van der Waals surface area (Å²) in [5.74, 6) is -0.208. The van der Waals surface area contributed by atoms with Crippen molar-refractivity contribution in [3.05, 3.63) is 11.3 Å². The zero-order valence-electron chi connectivity index (χ0n) is 8.31. The van der Waals surface area contributed by atoms with Crippen LogP contribution in [0.3, 0.4) is 0 Å². The fraction of sp³-hybridized carbons (Fsp3) is 0.667. The Morgan fingerprint density at radius 1 is 1.69 bits per heavy atom. The molecular formula is C9H16N2O2. The van der Waals surface area contributed by atoms with Crippen molar-refractivity contribution in [3.63, 3.8) is 0 Å². The van der Waals surface area contributed by atoms with E-state index in [0.717, 1.165) is 17.7 Å². The lowest BCUT2D eigenvalue weighted by Crippen LogP contribution is -2.43. The van der Waals surface area contributed by atoms with Gasteiger partial charge in [0.1, 0.15) is 0 Å². The van der Waals surface area contributed by atoms with Gasteiger partial charge < -0.3 is 10.2 Å². The fourth-order valence-corrected chi connectivity index (χ4v) is 1.27. The summed E-state index contributed by atoms with van der Waals surface area (Å²) in [6, 6.07) is 0.267. The third-order valence-corrected chi connectivity index (χ3v) is 1.99. The number of hydrogen-bond donors (Lipinski definition) is 2. The number of hydrogen-bond acceptors (Lipinski definition) is 4. The minimum Gasteiger partial charge on any atom is -0.463 e. The van der Waals surface area contributed by atoms with Crippen molar-refractivity contribution < 1.29 is 9.53 Å². The molecule has 0 fully saturated rings. The van der Waals surface area contributed by atoms with Gasteiger partial charge in [0.2, 0.25) is 0 Å². The number of carbonyl (C=O) groups excluding carboxylic acids is 1. The van der Waals surface area contributed by atoms with E-state index in [-0.39, 0.29) is 12.0 Å². The molecule has 1 aliphatic heterocycles. The number of nitrogens with one attached hydrogen (secondary N) is 2. The molecule has 1 rings (SSSR count). The summed E-state index contributed by atoms with van der Waals surface area (Å²) in [5, 5.41) is 0. The lowest BCUT2D eigenvalue weighted by molar-refractivity contribution is -0.139. The van der Waals surface area contributed by atoms with Gasteiger partial charge in [-0.3, -0.25) is 0 Å². The van der Waals surface area contributed by atoms with Gasteiger partial charge in [-0.1, -0.05) is 0 Å². The van der Waals surface area contributed by atoms with Gasteiger partial charge >= 0.3 is 5.97 Å². The molecule has 1 atom stereocenters. The molecule has 0 saturated carbocycles. The quantitative estimate of drug-likeness (QED) is 0.621. The molecule has 0 radical (unpaired) electrons. The lowest BCUT2D eigenvalue weighted by Gasteiger charge is -2.24. The van der Waals surface area contributed by atoms with Crippen molar-refractivity contribution in [1.29, 1.82) is 0 Å². The highest BCUT2D eigenvalue weighted by Crippen LogP contribution is 2.14. The number of carbonyl (C=O) groups is 1. The molecule has 0 aromatic carbocycles. The van der Waals surface area contributed by atoms with Gasteiger partial charge in [0.25, 0.3) is 0 Å². The van der Waals surface area contributed by atoms with Crippen LogP contribution >= 0.6 is 0 Å². The van der Waals surface area contributed by atoms with Crippen LogP contribution in [-0.2, 0) is 9.53 Å². The maximum Gasteiger partial charge on any atom is 0.335 e. The Morgan fingerprint density at radius 3 is 3.00 bits per heavy atom. The van der Waals surface area contributed by atoms with Gasteiger partial charge in [-0.15, -0.1) is 0 Å².